The van der Waals surface area contributed by atoms with Gasteiger partial charge in [-0.15, -0.1) is 0 Å². The van der Waals surface area contributed by atoms with Crippen LogP contribution in [0.25, 0.3) is 0 Å². The zero-order chi connectivity index (χ0) is 7.98. The summed E-state index contributed by atoms with van der Waals surface area (Å²) in [5.41, 5.74) is 0. The van der Waals surface area contributed by atoms with E-state index < -0.39 is 0 Å². The summed E-state index contributed by atoms with van der Waals surface area (Å²) in [6, 6.07) is 0. The van der Waals surface area contributed by atoms with Crippen molar-refractivity contribution >= 4 is 6.34 Å². The van der Waals surface area contributed by atoms with E-state index in [1.54, 1.807) is 6.34 Å². The molecule has 0 aliphatic rings. The largest absolute Gasteiger partial charge is 0.353 e. The van der Waals surface area contributed by atoms with Crippen LogP contribution in [0.2, 0.25) is 0 Å². The average Bonchev–Trinajstić information content (AvgIpc) is 1.82. The molecule has 0 unspecified atom stereocenters. The Morgan fingerprint density at radius 3 is 2.40 bits per heavy atom. The minimum atomic E-state index is 0.872. The molecule has 0 radical (unpaired) electrons. The molecule has 0 atom stereocenters. The molecule has 0 aromatic carbocycles. The van der Waals surface area contributed by atoms with Crippen molar-refractivity contribution in [3.63, 3.8) is 0 Å². The molecule has 3 nitrogen and oxygen atoms in total. The zero-order valence-electron chi connectivity index (χ0n) is 6.91. The van der Waals surface area contributed by atoms with E-state index in [1.165, 1.54) is 6.20 Å². The molecule has 10 heavy (non-hydrogen) atoms. The van der Waals surface area contributed by atoms with E-state index in [-0.39, 0.29) is 0 Å². The monoisotopic (exact) mass is 141 g/mol. The fraction of sp³-hybridized carbons (Fsp3) is 0.571. The summed E-state index contributed by atoms with van der Waals surface area (Å²) in [5.74, 6) is 0. The van der Waals surface area contributed by atoms with Gasteiger partial charge in [0.25, 0.3) is 0 Å². The lowest BCUT2D eigenvalue weighted by atomic mass is 10.7. The predicted molar refractivity (Wildman–Crippen MR) is 45.0 cm³/mol. The molecule has 0 saturated carbocycles. The summed E-state index contributed by atoms with van der Waals surface area (Å²) >= 11 is 0. The van der Waals surface area contributed by atoms with Crippen molar-refractivity contribution < 1.29 is 0 Å². The van der Waals surface area contributed by atoms with Crippen LogP contribution in [0.5, 0.6) is 0 Å². The van der Waals surface area contributed by atoms with Gasteiger partial charge in [0.05, 0.1) is 13.0 Å². The zero-order valence-corrected chi connectivity index (χ0v) is 6.91. The van der Waals surface area contributed by atoms with Crippen LogP contribution in [0.4, 0.5) is 0 Å². The maximum Gasteiger partial charge on any atom is 0.0912 e. The summed E-state index contributed by atoms with van der Waals surface area (Å²) < 4.78 is 0. The van der Waals surface area contributed by atoms with Gasteiger partial charge >= 0.3 is 0 Å². The van der Waals surface area contributed by atoms with Gasteiger partial charge in [-0.05, 0) is 14.1 Å². The van der Waals surface area contributed by atoms with E-state index in [2.05, 4.69) is 16.5 Å². The number of hydrogen-bond donors (Lipinski definition) is 0. The van der Waals surface area contributed by atoms with Gasteiger partial charge in [0, 0.05) is 13.2 Å². The lowest BCUT2D eigenvalue weighted by Crippen LogP contribution is -2.28. The molecular formula is C7H15N3. The molecule has 0 amide bonds. The van der Waals surface area contributed by atoms with E-state index in [1.807, 2.05) is 26.0 Å². The summed E-state index contributed by atoms with van der Waals surface area (Å²) in [4.78, 5) is 7.90. The fourth-order valence-corrected chi connectivity index (χ4v) is 0.644. The van der Waals surface area contributed by atoms with Crippen molar-refractivity contribution in [3.05, 3.63) is 12.8 Å². The molecule has 0 saturated heterocycles. The Hall–Kier alpha value is -0.830. The molecule has 3 heteroatoms. The van der Waals surface area contributed by atoms with E-state index in [4.69, 9.17) is 0 Å². The highest BCUT2D eigenvalue weighted by molar-refractivity contribution is 5.54. The first-order valence-electron chi connectivity index (χ1n) is 3.16. The lowest BCUT2D eigenvalue weighted by molar-refractivity contribution is 0.294. The Kier molecular flexibility index (Phi) is 4.58. The number of nitrogens with zero attached hydrogens (tertiary/aromatic N) is 3. The van der Waals surface area contributed by atoms with Crippen LogP contribution in [0.1, 0.15) is 0 Å². The van der Waals surface area contributed by atoms with Gasteiger partial charge in [0.1, 0.15) is 0 Å². The van der Waals surface area contributed by atoms with Crippen LogP contribution in [-0.2, 0) is 0 Å². The van der Waals surface area contributed by atoms with Crippen molar-refractivity contribution in [2.24, 2.45) is 4.99 Å². The fourth-order valence-electron chi connectivity index (χ4n) is 0.644. The maximum absolute atomic E-state index is 3.86. The van der Waals surface area contributed by atoms with Crippen molar-refractivity contribution in [3.8, 4) is 0 Å². The highest BCUT2D eigenvalue weighted by Crippen LogP contribution is 1.79. The van der Waals surface area contributed by atoms with Crippen molar-refractivity contribution in [1.82, 2.24) is 9.80 Å². The van der Waals surface area contributed by atoms with Crippen LogP contribution in [-0.4, -0.2) is 44.0 Å². The van der Waals surface area contributed by atoms with Gasteiger partial charge in [-0.1, -0.05) is 6.58 Å². The van der Waals surface area contributed by atoms with Gasteiger partial charge in [-0.3, -0.25) is 4.90 Å². The van der Waals surface area contributed by atoms with Gasteiger partial charge in [0.2, 0.25) is 0 Å². The minimum Gasteiger partial charge on any atom is -0.353 e. The molecular weight excluding hydrogens is 126 g/mol. The van der Waals surface area contributed by atoms with E-state index in [0.29, 0.717) is 0 Å². The summed E-state index contributed by atoms with van der Waals surface area (Å²) in [7, 11) is 5.99. The van der Waals surface area contributed by atoms with Crippen LogP contribution in [0, 0.1) is 0 Å². The molecule has 0 heterocycles. The van der Waals surface area contributed by atoms with E-state index in [9.17, 15) is 0 Å². The molecule has 0 aliphatic carbocycles. The Morgan fingerprint density at radius 2 is 2.00 bits per heavy atom. The standard InChI is InChI=1S/C7H15N3/c1-5-8-6-10(4)7-9(2)3/h5-6H,1,7H2,2-4H3. The van der Waals surface area contributed by atoms with Gasteiger partial charge in [-0.25, -0.2) is 4.99 Å². The Bertz CT molecular complexity index is 118. The third kappa shape index (κ3) is 5.31. The Balaban J connectivity index is 3.52. The molecule has 0 aromatic heterocycles. The van der Waals surface area contributed by atoms with Crippen LogP contribution in [0.3, 0.4) is 0 Å². The average molecular weight is 141 g/mol. The first-order valence-corrected chi connectivity index (χ1v) is 3.16. The van der Waals surface area contributed by atoms with Crippen LogP contribution < -0.4 is 0 Å². The summed E-state index contributed by atoms with van der Waals surface area (Å²) in [5, 5.41) is 0. The second-order valence-corrected chi connectivity index (χ2v) is 2.43. The summed E-state index contributed by atoms with van der Waals surface area (Å²) in [6.07, 6.45) is 3.26. The van der Waals surface area contributed by atoms with Crippen LogP contribution in [0.15, 0.2) is 17.8 Å². The SMILES string of the molecule is C=CN=CN(C)CN(C)C. The van der Waals surface area contributed by atoms with Gasteiger partial charge in [-0.2, -0.15) is 0 Å². The van der Waals surface area contributed by atoms with Crippen molar-refractivity contribution in [2.45, 2.75) is 0 Å². The van der Waals surface area contributed by atoms with Gasteiger partial charge in [0.15, 0.2) is 0 Å². The summed E-state index contributed by atoms with van der Waals surface area (Å²) in [6.45, 7) is 4.35. The normalized spacial score (nSPS) is 10.8. The molecule has 58 valence electrons. The highest BCUT2D eigenvalue weighted by Gasteiger charge is 1.90. The molecule has 0 bridgehead atoms. The molecule has 0 spiro atoms. The van der Waals surface area contributed by atoms with Crippen molar-refractivity contribution in [1.29, 1.82) is 0 Å². The van der Waals surface area contributed by atoms with E-state index in [0.717, 1.165) is 6.67 Å². The Morgan fingerprint density at radius 1 is 1.40 bits per heavy atom. The van der Waals surface area contributed by atoms with Crippen LogP contribution >= 0.6 is 0 Å². The quantitative estimate of drug-likeness (QED) is 0.324. The molecule has 0 aliphatic heterocycles. The minimum absolute atomic E-state index is 0.872. The highest BCUT2D eigenvalue weighted by atomic mass is 15.3. The third-order valence-corrected chi connectivity index (χ3v) is 0.875. The van der Waals surface area contributed by atoms with Gasteiger partial charge < -0.3 is 4.90 Å². The number of hydrogen-bond acceptors (Lipinski definition) is 2. The number of aliphatic imine (C=N–C) groups is 1. The second kappa shape index (κ2) is 4.99. The first kappa shape index (κ1) is 9.17. The predicted octanol–water partition coefficient (Wildman–Crippen LogP) is 0.609. The number of rotatable bonds is 4. The lowest BCUT2D eigenvalue weighted by Gasteiger charge is -2.17. The molecule has 0 aromatic rings. The first-order chi connectivity index (χ1) is 4.66. The second-order valence-electron chi connectivity index (χ2n) is 2.43. The molecule has 0 rings (SSSR count). The maximum atomic E-state index is 3.86. The third-order valence-electron chi connectivity index (χ3n) is 0.875. The topological polar surface area (TPSA) is 18.8 Å². The van der Waals surface area contributed by atoms with E-state index >= 15 is 0 Å². The molecule has 0 N–H and O–H groups in total. The smallest absolute Gasteiger partial charge is 0.0912 e. The molecule has 0 fully saturated rings. The Labute approximate surface area is 62.7 Å². The van der Waals surface area contributed by atoms with Crippen molar-refractivity contribution in [2.75, 3.05) is 27.8 Å².